The van der Waals surface area contributed by atoms with Gasteiger partial charge in [-0.15, -0.1) is 0 Å². The topological polar surface area (TPSA) is 72.6 Å². The third-order valence-electron chi connectivity index (χ3n) is 3.89. The standard InChI is InChI=1S/C15H17N2O3/c16-11-4-1-10(2-5-11)3-6-14(19)17-8-7-13-15(17)12(18)9-20-13/h1-2,4-6,13,15H,3,7-9,16H2. The van der Waals surface area contributed by atoms with Gasteiger partial charge in [-0.3, -0.25) is 9.59 Å². The van der Waals surface area contributed by atoms with E-state index in [1.807, 2.05) is 24.3 Å². The van der Waals surface area contributed by atoms with Gasteiger partial charge in [0.2, 0.25) is 5.91 Å². The summed E-state index contributed by atoms with van der Waals surface area (Å²) in [5.41, 5.74) is 7.35. The van der Waals surface area contributed by atoms with Gasteiger partial charge >= 0.3 is 0 Å². The molecule has 0 bridgehead atoms. The van der Waals surface area contributed by atoms with Crippen LogP contribution in [0.25, 0.3) is 0 Å². The van der Waals surface area contributed by atoms with E-state index in [1.165, 1.54) is 0 Å². The summed E-state index contributed by atoms with van der Waals surface area (Å²) in [4.78, 5) is 25.6. The van der Waals surface area contributed by atoms with Gasteiger partial charge in [0.25, 0.3) is 0 Å². The van der Waals surface area contributed by atoms with E-state index in [4.69, 9.17) is 10.5 Å². The van der Waals surface area contributed by atoms with E-state index in [2.05, 4.69) is 0 Å². The number of ketones is 1. The minimum atomic E-state index is -0.370. The van der Waals surface area contributed by atoms with Gasteiger partial charge in [-0.05, 0) is 30.5 Å². The Hall–Kier alpha value is -1.88. The van der Waals surface area contributed by atoms with E-state index in [9.17, 15) is 9.59 Å². The number of fused-ring (bicyclic) bond motifs is 1. The van der Waals surface area contributed by atoms with E-state index in [-0.39, 0.29) is 30.4 Å². The van der Waals surface area contributed by atoms with Crippen molar-refractivity contribution in [2.24, 2.45) is 0 Å². The summed E-state index contributed by atoms with van der Waals surface area (Å²) in [6.45, 7) is 0.731. The normalized spacial score (nSPS) is 25.0. The molecule has 5 nitrogen and oxygen atoms in total. The molecule has 2 aliphatic heterocycles. The Morgan fingerprint density at radius 1 is 1.40 bits per heavy atom. The molecular weight excluding hydrogens is 256 g/mol. The van der Waals surface area contributed by atoms with Crippen molar-refractivity contribution in [1.29, 1.82) is 0 Å². The number of carbonyl (C=O) groups is 2. The highest BCUT2D eigenvalue weighted by Gasteiger charge is 2.46. The third kappa shape index (κ3) is 2.41. The van der Waals surface area contributed by atoms with Crippen molar-refractivity contribution in [3.63, 3.8) is 0 Å². The molecule has 3 rings (SSSR count). The highest BCUT2D eigenvalue weighted by Crippen LogP contribution is 2.27. The average Bonchev–Trinajstić information content (AvgIpc) is 3.01. The van der Waals surface area contributed by atoms with Crippen LogP contribution in [0.2, 0.25) is 0 Å². The SMILES string of the molecule is Nc1ccc(C[CH]C(=O)N2CCC3OCC(=O)C32)cc1. The van der Waals surface area contributed by atoms with Crippen molar-refractivity contribution < 1.29 is 14.3 Å². The average molecular weight is 273 g/mol. The number of nitrogens with zero attached hydrogens (tertiary/aromatic N) is 1. The molecule has 105 valence electrons. The maximum atomic E-state index is 12.2. The van der Waals surface area contributed by atoms with Gasteiger partial charge in [0, 0.05) is 12.2 Å². The molecule has 2 saturated heterocycles. The van der Waals surface area contributed by atoms with E-state index in [0.29, 0.717) is 18.7 Å². The number of benzene rings is 1. The lowest BCUT2D eigenvalue weighted by atomic mass is 10.1. The zero-order valence-corrected chi connectivity index (χ0v) is 11.1. The molecular formula is C15H17N2O3. The van der Waals surface area contributed by atoms with Crippen molar-refractivity contribution in [3.8, 4) is 0 Å². The van der Waals surface area contributed by atoms with Gasteiger partial charge < -0.3 is 15.4 Å². The quantitative estimate of drug-likeness (QED) is 0.818. The number of anilines is 1. The molecule has 2 unspecified atom stereocenters. The Morgan fingerprint density at radius 3 is 2.90 bits per heavy atom. The minimum absolute atomic E-state index is 0.0155. The Kier molecular flexibility index (Phi) is 3.44. The van der Waals surface area contributed by atoms with E-state index in [1.54, 1.807) is 11.3 Å². The summed E-state index contributed by atoms with van der Waals surface area (Å²) in [5, 5.41) is 0. The molecule has 2 N–H and O–H groups in total. The van der Waals surface area contributed by atoms with Crippen molar-refractivity contribution >= 4 is 17.4 Å². The lowest BCUT2D eigenvalue weighted by Crippen LogP contribution is -2.42. The van der Waals surface area contributed by atoms with Crippen LogP contribution in [0, 0.1) is 6.42 Å². The van der Waals surface area contributed by atoms with Crippen LogP contribution in [-0.2, 0) is 20.7 Å². The highest BCUT2D eigenvalue weighted by molar-refractivity contribution is 5.95. The van der Waals surface area contributed by atoms with Crippen LogP contribution in [0.3, 0.4) is 0 Å². The molecule has 5 heteroatoms. The fraction of sp³-hybridized carbons (Fsp3) is 0.400. The smallest absolute Gasteiger partial charge is 0.227 e. The number of rotatable bonds is 3. The van der Waals surface area contributed by atoms with Crippen molar-refractivity contribution in [3.05, 3.63) is 36.2 Å². The van der Waals surface area contributed by atoms with Gasteiger partial charge in [0.15, 0.2) is 5.78 Å². The zero-order chi connectivity index (χ0) is 14.1. The van der Waals surface area contributed by atoms with Crippen LogP contribution >= 0.6 is 0 Å². The van der Waals surface area contributed by atoms with Gasteiger partial charge in [-0.1, -0.05) is 12.1 Å². The Bertz CT molecular complexity index is 526. The minimum Gasteiger partial charge on any atom is -0.399 e. The van der Waals surface area contributed by atoms with Crippen LogP contribution in [0.4, 0.5) is 5.69 Å². The molecule has 0 spiro atoms. The second kappa shape index (κ2) is 5.25. The Morgan fingerprint density at radius 2 is 2.15 bits per heavy atom. The van der Waals surface area contributed by atoms with Crippen LogP contribution in [0.15, 0.2) is 24.3 Å². The van der Waals surface area contributed by atoms with Crippen LogP contribution in [0.5, 0.6) is 0 Å². The third-order valence-corrected chi connectivity index (χ3v) is 3.89. The molecule has 1 amide bonds. The molecule has 2 fully saturated rings. The molecule has 2 aliphatic rings. The first-order valence-corrected chi connectivity index (χ1v) is 6.77. The summed E-state index contributed by atoms with van der Waals surface area (Å²) >= 11 is 0. The fourth-order valence-corrected chi connectivity index (χ4v) is 2.82. The van der Waals surface area contributed by atoms with Crippen molar-refractivity contribution in [2.75, 3.05) is 18.9 Å². The number of Topliss-reactive ketones (excluding diaryl/α,β-unsaturated/α-hetero) is 1. The van der Waals surface area contributed by atoms with E-state index in [0.717, 1.165) is 12.0 Å². The number of nitrogens with two attached hydrogens (primary N) is 1. The van der Waals surface area contributed by atoms with E-state index >= 15 is 0 Å². The number of nitrogen functional groups attached to an aromatic ring is 1. The van der Waals surface area contributed by atoms with Gasteiger partial charge in [-0.2, -0.15) is 0 Å². The monoisotopic (exact) mass is 273 g/mol. The predicted octanol–water partition coefficient (Wildman–Crippen LogP) is 0.584. The van der Waals surface area contributed by atoms with Crippen LogP contribution < -0.4 is 5.73 Å². The summed E-state index contributed by atoms with van der Waals surface area (Å²) in [7, 11) is 0. The molecule has 2 heterocycles. The maximum absolute atomic E-state index is 12.2. The van der Waals surface area contributed by atoms with Crippen molar-refractivity contribution in [2.45, 2.75) is 25.0 Å². The first kappa shape index (κ1) is 13.1. The number of likely N-dealkylation sites (tertiary alicyclic amines) is 1. The summed E-state index contributed by atoms with van der Waals surface area (Å²) in [6, 6.07) is 7.05. The second-order valence-corrected chi connectivity index (χ2v) is 5.23. The van der Waals surface area contributed by atoms with Crippen LogP contribution in [-0.4, -0.2) is 41.9 Å². The number of hydrogen-bond donors (Lipinski definition) is 1. The lowest BCUT2D eigenvalue weighted by Gasteiger charge is -2.21. The van der Waals surface area contributed by atoms with Crippen LogP contribution in [0.1, 0.15) is 12.0 Å². The largest absolute Gasteiger partial charge is 0.399 e. The van der Waals surface area contributed by atoms with E-state index < -0.39 is 0 Å². The zero-order valence-electron chi connectivity index (χ0n) is 11.1. The maximum Gasteiger partial charge on any atom is 0.227 e. The van der Waals surface area contributed by atoms with Gasteiger partial charge in [0.05, 0.1) is 12.5 Å². The summed E-state index contributed by atoms with van der Waals surface area (Å²) in [6.07, 6.45) is 2.82. The number of ether oxygens (including phenoxy) is 1. The summed E-state index contributed by atoms with van der Waals surface area (Å²) in [5.74, 6) is -0.0742. The summed E-state index contributed by atoms with van der Waals surface area (Å²) < 4.78 is 5.37. The molecule has 1 aromatic rings. The number of carbonyl (C=O) groups excluding carboxylic acids is 2. The molecule has 1 radical (unpaired) electrons. The first-order valence-electron chi connectivity index (χ1n) is 6.77. The molecule has 0 saturated carbocycles. The fourth-order valence-electron chi connectivity index (χ4n) is 2.82. The molecule has 0 aromatic heterocycles. The molecule has 0 aliphatic carbocycles. The second-order valence-electron chi connectivity index (χ2n) is 5.23. The van der Waals surface area contributed by atoms with Crippen molar-refractivity contribution in [1.82, 2.24) is 4.90 Å². The first-order chi connectivity index (χ1) is 9.65. The molecule has 1 aromatic carbocycles. The number of hydrogen-bond acceptors (Lipinski definition) is 4. The highest BCUT2D eigenvalue weighted by atomic mass is 16.5. The predicted molar refractivity (Wildman–Crippen MR) is 73.7 cm³/mol. The Labute approximate surface area is 117 Å². The molecule has 20 heavy (non-hydrogen) atoms. The van der Waals surface area contributed by atoms with Gasteiger partial charge in [-0.25, -0.2) is 0 Å². The van der Waals surface area contributed by atoms with Gasteiger partial charge in [0.1, 0.15) is 12.6 Å². The lowest BCUT2D eigenvalue weighted by molar-refractivity contribution is -0.133. The number of amides is 1. The Balaban J connectivity index is 1.59. The molecule has 2 atom stereocenters.